The van der Waals surface area contributed by atoms with Crippen LogP contribution in [0.3, 0.4) is 0 Å². The van der Waals surface area contributed by atoms with Gasteiger partial charge in [-0.1, -0.05) is 5.57 Å². The van der Waals surface area contributed by atoms with E-state index in [0.29, 0.717) is 0 Å². The molecular formula is C6H11N. The second-order valence-corrected chi connectivity index (χ2v) is 2.27. The Labute approximate surface area is 44.4 Å². The molecule has 40 valence electrons. The summed E-state index contributed by atoms with van der Waals surface area (Å²) in [7, 11) is 0. The minimum atomic E-state index is 0.775. The zero-order chi connectivity index (χ0) is 5.28. The molecule has 1 heteroatoms. The first-order valence-corrected chi connectivity index (χ1v) is 2.67. The fraction of sp³-hybridized carbons (Fsp3) is 0.667. The van der Waals surface area contributed by atoms with Gasteiger partial charge in [-0.15, -0.1) is 6.58 Å². The molecule has 1 saturated heterocycles. The SMILES string of the molecule is C=C(C)CC1CN1. The summed E-state index contributed by atoms with van der Waals surface area (Å²) in [5.74, 6) is 0. The molecule has 0 aromatic rings. The molecule has 1 heterocycles. The molecule has 1 nitrogen and oxygen atoms in total. The van der Waals surface area contributed by atoms with Gasteiger partial charge in [-0.05, 0) is 13.3 Å². The van der Waals surface area contributed by atoms with Crippen LogP contribution in [0, 0.1) is 0 Å². The molecule has 0 amide bonds. The second-order valence-electron chi connectivity index (χ2n) is 2.27. The summed E-state index contributed by atoms with van der Waals surface area (Å²) >= 11 is 0. The zero-order valence-electron chi connectivity index (χ0n) is 4.70. The number of nitrogens with one attached hydrogen (secondary N) is 1. The summed E-state index contributed by atoms with van der Waals surface area (Å²) in [6.07, 6.45) is 1.17. The van der Waals surface area contributed by atoms with Gasteiger partial charge in [0.25, 0.3) is 0 Å². The van der Waals surface area contributed by atoms with E-state index in [9.17, 15) is 0 Å². The van der Waals surface area contributed by atoms with Crippen molar-refractivity contribution in [2.75, 3.05) is 6.54 Å². The van der Waals surface area contributed by atoms with Gasteiger partial charge in [0.2, 0.25) is 0 Å². The minimum absolute atomic E-state index is 0.775. The van der Waals surface area contributed by atoms with E-state index in [0.717, 1.165) is 6.04 Å². The maximum Gasteiger partial charge on any atom is 0.0230 e. The van der Waals surface area contributed by atoms with Gasteiger partial charge in [0.1, 0.15) is 0 Å². The predicted molar refractivity (Wildman–Crippen MR) is 31.2 cm³/mol. The summed E-state index contributed by atoms with van der Waals surface area (Å²) < 4.78 is 0. The van der Waals surface area contributed by atoms with E-state index in [-0.39, 0.29) is 0 Å². The summed E-state index contributed by atoms with van der Waals surface area (Å²) in [6.45, 7) is 7.07. The van der Waals surface area contributed by atoms with Gasteiger partial charge in [-0.2, -0.15) is 0 Å². The standard InChI is InChI=1S/C6H11N/c1-5(2)3-6-4-7-6/h6-7H,1,3-4H2,2H3. The van der Waals surface area contributed by atoms with Crippen LogP contribution in [0.25, 0.3) is 0 Å². The first-order chi connectivity index (χ1) is 3.29. The molecule has 0 spiro atoms. The Morgan fingerprint density at radius 1 is 2.00 bits per heavy atom. The van der Waals surface area contributed by atoms with E-state index in [1.54, 1.807) is 0 Å². The van der Waals surface area contributed by atoms with Crippen molar-refractivity contribution in [3.8, 4) is 0 Å². The van der Waals surface area contributed by atoms with Crippen LogP contribution in [0.15, 0.2) is 12.2 Å². The highest BCUT2D eigenvalue weighted by atomic mass is 15.1. The fourth-order valence-corrected chi connectivity index (χ4v) is 0.648. The first-order valence-electron chi connectivity index (χ1n) is 2.67. The van der Waals surface area contributed by atoms with Crippen LogP contribution in [-0.2, 0) is 0 Å². The lowest BCUT2D eigenvalue weighted by molar-refractivity contribution is 0.918. The molecule has 0 aromatic carbocycles. The Morgan fingerprint density at radius 3 is 2.71 bits per heavy atom. The molecule has 0 aliphatic carbocycles. The van der Waals surface area contributed by atoms with Crippen molar-refractivity contribution in [1.29, 1.82) is 0 Å². The highest BCUT2D eigenvalue weighted by Gasteiger charge is 2.18. The summed E-state index contributed by atoms with van der Waals surface area (Å²) in [5, 5.41) is 3.20. The van der Waals surface area contributed by atoms with Gasteiger partial charge in [-0.25, -0.2) is 0 Å². The van der Waals surface area contributed by atoms with Gasteiger partial charge < -0.3 is 5.32 Å². The molecule has 1 N–H and O–H groups in total. The molecule has 0 radical (unpaired) electrons. The van der Waals surface area contributed by atoms with Crippen LogP contribution < -0.4 is 5.32 Å². The Bertz CT molecular complexity index is 82.2. The van der Waals surface area contributed by atoms with Crippen LogP contribution in [0.4, 0.5) is 0 Å². The predicted octanol–water partition coefficient (Wildman–Crippen LogP) is 0.924. The highest BCUT2D eigenvalue weighted by Crippen LogP contribution is 2.08. The van der Waals surface area contributed by atoms with Gasteiger partial charge in [0.05, 0.1) is 0 Å². The molecule has 1 unspecified atom stereocenters. The smallest absolute Gasteiger partial charge is 0.0230 e. The van der Waals surface area contributed by atoms with Crippen LogP contribution in [-0.4, -0.2) is 12.6 Å². The van der Waals surface area contributed by atoms with Crippen molar-refractivity contribution in [1.82, 2.24) is 5.32 Å². The third-order valence-corrected chi connectivity index (χ3v) is 1.09. The molecule has 0 saturated carbocycles. The molecule has 1 fully saturated rings. The van der Waals surface area contributed by atoms with Crippen LogP contribution in [0.1, 0.15) is 13.3 Å². The van der Waals surface area contributed by atoms with E-state index in [4.69, 9.17) is 0 Å². The molecule has 0 aromatic heterocycles. The summed E-state index contributed by atoms with van der Waals surface area (Å²) in [5.41, 5.74) is 1.29. The normalized spacial score (nSPS) is 27.3. The van der Waals surface area contributed by atoms with Gasteiger partial charge >= 0.3 is 0 Å². The van der Waals surface area contributed by atoms with Crippen LogP contribution in [0.2, 0.25) is 0 Å². The summed E-state index contributed by atoms with van der Waals surface area (Å²) in [4.78, 5) is 0. The van der Waals surface area contributed by atoms with Crippen molar-refractivity contribution in [2.45, 2.75) is 19.4 Å². The van der Waals surface area contributed by atoms with Crippen molar-refractivity contribution in [3.63, 3.8) is 0 Å². The molecule has 7 heavy (non-hydrogen) atoms. The van der Waals surface area contributed by atoms with E-state index < -0.39 is 0 Å². The molecule has 1 aliphatic rings. The van der Waals surface area contributed by atoms with E-state index in [1.807, 2.05) is 0 Å². The Hall–Kier alpha value is -0.300. The Morgan fingerprint density at radius 2 is 2.57 bits per heavy atom. The lowest BCUT2D eigenvalue weighted by Crippen LogP contribution is -1.88. The van der Waals surface area contributed by atoms with Crippen molar-refractivity contribution < 1.29 is 0 Å². The Kier molecular flexibility index (Phi) is 1.15. The maximum atomic E-state index is 3.80. The fourth-order valence-electron chi connectivity index (χ4n) is 0.648. The first kappa shape index (κ1) is 4.85. The molecule has 0 bridgehead atoms. The average molecular weight is 97.2 g/mol. The topological polar surface area (TPSA) is 21.9 Å². The van der Waals surface area contributed by atoms with Crippen molar-refractivity contribution in [3.05, 3.63) is 12.2 Å². The Balaban J connectivity index is 2.08. The van der Waals surface area contributed by atoms with Crippen molar-refractivity contribution >= 4 is 0 Å². The van der Waals surface area contributed by atoms with Gasteiger partial charge in [-0.3, -0.25) is 0 Å². The van der Waals surface area contributed by atoms with E-state index in [1.165, 1.54) is 18.5 Å². The number of rotatable bonds is 2. The lowest BCUT2D eigenvalue weighted by atomic mass is 10.2. The largest absolute Gasteiger partial charge is 0.311 e. The van der Waals surface area contributed by atoms with Crippen molar-refractivity contribution in [2.24, 2.45) is 0 Å². The third-order valence-electron chi connectivity index (χ3n) is 1.09. The molecule has 1 aliphatic heterocycles. The zero-order valence-corrected chi connectivity index (χ0v) is 4.70. The number of hydrogen-bond donors (Lipinski definition) is 1. The maximum absolute atomic E-state index is 3.80. The van der Waals surface area contributed by atoms with E-state index >= 15 is 0 Å². The minimum Gasteiger partial charge on any atom is -0.311 e. The van der Waals surface area contributed by atoms with Crippen LogP contribution >= 0.6 is 0 Å². The van der Waals surface area contributed by atoms with Crippen LogP contribution in [0.5, 0.6) is 0 Å². The van der Waals surface area contributed by atoms with E-state index in [2.05, 4.69) is 18.8 Å². The third kappa shape index (κ3) is 1.74. The monoisotopic (exact) mass is 97.1 g/mol. The second kappa shape index (κ2) is 1.66. The quantitative estimate of drug-likeness (QED) is 0.401. The lowest BCUT2D eigenvalue weighted by Gasteiger charge is -1.89. The molecule has 1 rings (SSSR count). The number of hydrogen-bond acceptors (Lipinski definition) is 1. The molecular weight excluding hydrogens is 86.1 g/mol. The van der Waals surface area contributed by atoms with Gasteiger partial charge in [0, 0.05) is 12.6 Å². The highest BCUT2D eigenvalue weighted by molar-refractivity contribution is 4.98. The average Bonchev–Trinajstić information content (AvgIpc) is 2.17. The van der Waals surface area contributed by atoms with Gasteiger partial charge in [0.15, 0.2) is 0 Å². The summed E-state index contributed by atoms with van der Waals surface area (Å²) in [6, 6.07) is 0.775. The molecule has 1 atom stereocenters.